The quantitative estimate of drug-likeness (QED) is 0.863. The minimum atomic E-state index is -3.81. The number of hydrogen-bond donors (Lipinski definition) is 2. The fraction of sp³-hybridized carbons (Fsp3) is 0.0769. The van der Waals surface area contributed by atoms with Crippen molar-refractivity contribution in [3.05, 3.63) is 57.0 Å². The van der Waals surface area contributed by atoms with Crippen molar-refractivity contribution in [2.45, 2.75) is 11.4 Å². The molecule has 112 valence electrons. The second kappa shape index (κ2) is 6.42. The van der Waals surface area contributed by atoms with Gasteiger partial charge in [0.2, 0.25) is 0 Å². The number of halogens is 3. The van der Waals surface area contributed by atoms with Crippen LogP contribution in [0.2, 0.25) is 15.1 Å². The van der Waals surface area contributed by atoms with Gasteiger partial charge in [0.25, 0.3) is 10.0 Å². The van der Waals surface area contributed by atoms with Gasteiger partial charge in [-0.3, -0.25) is 4.72 Å². The summed E-state index contributed by atoms with van der Waals surface area (Å²) in [7, 11) is -3.81. The van der Waals surface area contributed by atoms with Crippen molar-refractivity contribution in [3.8, 4) is 0 Å². The van der Waals surface area contributed by atoms with Crippen molar-refractivity contribution in [1.29, 1.82) is 0 Å². The Morgan fingerprint density at radius 2 is 1.67 bits per heavy atom. The van der Waals surface area contributed by atoms with Gasteiger partial charge < -0.3 is 5.73 Å². The normalized spacial score (nSPS) is 11.4. The zero-order valence-electron chi connectivity index (χ0n) is 10.6. The number of nitrogens with one attached hydrogen (secondary N) is 1. The number of benzene rings is 2. The Bertz CT molecular complexity index is 779. The van der Waals surface area contributed by atoms with Crippen LogP contribution >= 0.6 is 34.8 Å². The Kier molecular flexibility index (Phi) is 5.01. The summed E-state index contributed by atoms with van der Waals surface area (Å²) in [5.41, 5.74) is 6.26. The molecule has 0 atom stereocenters. The lowest BCUT2D eigenvalue weighted by Crippen LogP contribution is -2.14. The summed E-state index contributed by atoms with van der Waals surface area (Å²) in [6, 6.07) is 8.80. The maximum atomic E-state index is 12.3. The van der Waals surface area contributed by atoms with E-state index in [1.165, 1.54) is 30.3 Å². The van der Waals surface area contributed by atoms with Crippen LogP contribution in [0.5, 0.6) is 0 Å². The smallest absolute Gasteiger partial charge is 0.261 e. The fourth-order valence-corrected chi connectivity index (χ4v) is 3.36. The van der Waals surface area contributed by atoms with Crippen LogP contribution in [0.25, 0.3) is 0 Å². The van der Waals surface area contributed by atoms with Crippen LogP contribution in [0.1, 0.15) is 5.56 Å². The monoisotopic (exact) mass is 364 g/mol. The molecule has 0 aliphatic heterocycles. The molecule has 2 rings (SSSR count). The van der Waals surface area contributed by atoms with E-state index in [1.54, 1.807) is 6.07 Å². The fourth-order valence-electron chi connectivity index (χ4n) is 1.65. The van der Waals surface area contributed by atoms with Crippen LogP contribution in [0.4, 0.5) is 5.69 Å². The van der Waals surface area contributed by atoms with E-state index in [4.69, 9.17) is 40.5 Å². The largest absolute Gasteiger partial charge is 0.326 e. The predicted molar refractivity (Wildman–Crippen MR) is 86.6 cm³/mol. The van der Waals surface area contributed by atoms with Crippen LogP contribution in [0.15, 0.2) is 41.3 Å². The Labute approximate surface area is 137 Å². The minimum absolute atomic E-state index is 0.0448. The number of hydrogen-bond acceptors (Lipinski definition) is 3. The van der Waals surface area contributed by atoms with E-state index in [1.807, 2.05) is 0 Å². The first-order chi connectivity index (χ1) is 9.83. The van der Waals surface area contributed by atoms with Gasteiger partial charge in [0.15, 0.2) is 0 Å². The third kappa shape index (κ3) is 3.81. The third-order valence-corrected chi connectivity index (χ3v) is 5.02. The van der Waals surface area contributed by atoms with Gasteiger partial charge in [-0.2, -0.15) is 0 Å². The summed E-state index contributed by atoms with van der Waals surface area (Å²) in [5.74, 6) is 0. The predicted octanol–water partition coefficient (Wildman–Crippen LogP) is 3.91. The topological polar surface area (TPSA) is 72.2 Å². The third-order valence-electron chi connectivity index (χ3n) is 2.72. The number of sulfonamides is 1. The van der Waals surface area contributed by atoms with E-state index < -0.39 is 10.0 Å². The van der Waals surface area contributed by atoms with Crippen LogP contribution in [0.3, 0.4) is 0 Å². The molecule has 0 heterocycles. The molecule has 0 spiro atoms. The second-order valence-corrected chi connectivity index (χ2v) is 7.12. The van der Waals surface area contributed by atoms with Crippen molar-refractivity contribution in [3.63, 3.8) is 0 Å². The highest BCUT2D eigenvalue weighted by Gasteiger charge is 2.17. The maximum Gasteiger partial charge on any atom is 0.261 e. The maximum absolute atomic E-state index is 12.3. The van der Waals surface area contributed by atoms with Gasteiger partial charge in [0, 0.05) is 16.6 Å². The van der Waals surface area contributed by atoms with Gasteiger partial charge in [-0.25, -0.2) is 8.42 Å². The van der Waals surface area contributed by atoms with Crippen molar-refractivity contribution in [1.82, 2.24) is 0 Å². The molecule has 0 aliphatic carbocycles. The number of anilines is 1. The van der Waals surface area contributed by atoms with Crippen molar-refractivity contribution < 1.29 is 8.42 Å². The van der Waals surface area contributed by atoms with Crippen LogP contribution in [-0.4, -0.2) is 8.42 Å². The summed E-state index contributed by atoms with van der Waals surface area (Å²) in [6.45, 7) is 0.139. The van der Waals surface area contributed by atoms with Gasteiger partial charge in [-0.15, -0.1) is 0 Å². The Hall–Kier alpha value is -0.980. The van der Waals surface area contributed by atoms with E-state index in [-0.39, 0.29) is 22.2 Å². The molecule has 0 amide bonds. The number of rotatable bonds is 4. The van der Waals surface area contributed by atoms with Crippen molar-refractivity contribution in [2.75, 3.05) is 4.72 Å². The first-order valence-electron chi connectivity index (χ1n) is 5.80. The van der Waals surface area contributed by atoms with Gasteiger partial charge in [-0.1, -0.05) is 34.8 Å². The lowest BCUT2D eigenvalue weighted by molar-refractivity contribution is 0.601. The average molecular weight is 366 g/mol. The molecule has 0 fully saturated rings. The highest BCUT2D eigenvalue weighted by molar-refractivity contribution is 7.92. The standard InChI is InChI=1S/C13H11Cl3N2O2S/c14-9-1-3-12(16)13(6-9)18-21(19,20)10-2-4-11(15)8(5-10)7-17/h1-6,18H,7,17H2. The van der Waals surface area contributed by atoms with E-state index in [0.29, 0.717) is 15.6 Å². The summed E-state index contributed by atoms with van der Waals surface area (Å²) >= 11 is 17.7. The summed E-state index contributed by atoms with van der Waals surface area (Å²) in [4.78, 5) is 0.0448. The van der Waals surface area contributed by atoms with E-state index in [0.717, 1.165) is 0 Å². The summed E-state index contributed by atoms with van der Waals surface area (Å²) < 4.78 is 27.1. The molecule has 0 bridgehead atoms. The average Bonchev–Trinajstić information content (AvgIpc) is 2.43. The molecule has 0 aliphatic rings. The molecule has 0 radical (unpaired) electrons. The van der Waals surface area contributed by atoms with Crippen molar-refractivity contribution >= 4 is 50.5 Å². The molecular weight excluding hydrogens is 355 g/mol. The van der Waals surface area contributed by atoms with Gasteiger partial charge in [-0.05, 0) is 42.0 Å². The lowest BCUT2D eigenvalue weighted by atomic mass is 10.2. The molecular formula is C13H11Cl3N2O2S. The van der Waals surface area contributed by atoms with E-state index >= 15 is 0 Å². The van der Waals surface area contributed by atoms with E-state index in [9.17, 15) is 8.42 Å². The Morgan fingerprint density at radius 1 is 1.00 bits per heavy atom. The van der Waals surface area contributed by atoms with Crippen LogP contribution in [0, 0.1) is 0 Å². The SMILES string of the molecule is NCc1cc(S(=O)(=O)Nc2cc(Cl)ccc2Cl)ccc1Cl. The Balaban J connectivity index is 2.41. The second-order valence-electron chi connectivity index (χ2n) is 4.19. The summed E-state index contributed by atoms with van der Waals surface area (Å²) in [6.07, 6.45) is 0. The molecule has 0 aromatic heterocycles. The molecule has 0 unspecified atom stereocenters. The highest BCUT2D eigenvalue weighted by atomic mass is 35.5. The van der Waals surface area contributed by atoms with Crippen molar-refractivity contribution in [2.24, 2.45) is 5.73 Å². The molecule has 4 nitrogen and oxygen atoms in total. The first-order valence-corrected chi connectivity index (χ1v) is 8.41. The number of nitrogens with two attached hydrogens (primary N) is 1. The summed E-state index contributed by atoms with van der Waals surface area (Å²) in [5, 5.41) is 1.03. The molecule has 0 saturated heterocycles. The minimum Gasteiger partial charge on any atom is -0.326 e. The molecule has 8 heteroatoms. The zero-order valence-corrected chi connectivity index (χ0v) is 13.7. The molecule has 21 heavy (non-hydrogen) atoms. The molecule has 3 N–H and O–H groups in total. The molecule has 2 aromatic rings. The van der Waals surface area contributed by atoms with Gasteiger partial charge >= 0.3 is 0 Å². The van der Waals surface area contributed by atoms with Gasteiger partial charge in [0.05, 0.1) is 15.6 Å². The first kappa shape index (κ1) is 16.4. The molecule has 0 saturated carbocycles. The Morgan fingerprint density at radius 3 is 2.33 bits per heavy atom. The van der Waals surface area contributed by atoms with Crippen LogP contribution in [-0.2, 0) is 16.6 Å². The zero-order chi connectivity index (χ0) is 15.6. The highest BCUT2D eigenvalue weighted by Crippen LogP contribution is 2.28. The van der Waals surface area contributed by atoms with Crippen LogP contribution < -0.4 is 10.5 Å². The lowest BCUT2D eigenvalue weighted by Gasteiger charge is -2.11. The van der Waals surface area contributed by atoms with E-state index in [2.05, 4.69) is 4.72 Å². The molecule has 2 aromatic carbocycles. The van der Waals surface area contributed by atoms with Gasteiger partial charge in [0.1, 0.15) is 0 Å².